The van der Waals surface area contributed by atoms with Crippen molar-refractivity contribution in [2.75, 3.05) is 6.61 Å². The van der Waals surface area contributed by atoms with Gasteiger partial charge in [0.2, 0.25) is 5.78 Å². The Morgan fingerprint density at radius 3 is 2.86 bits per heavy atom. The quantitative estimate of drug-likeness (QED) is 0.321. The van der Waals surface area contributed by atoms with E-state index >= 15 is 0 Å². The van der Waals surface area contributed by atoms with Gasteiger partial charge in [0.05, 0.1) is 11.1 Å². The van der Waals surface area contributed by atoms with Crippen molar-refractivity contribution in [3.05, 3.63) is 61.8 Å². The van der Waals surface area contributed by atoms with Gasteiger partial charge in [0.25, 0.3) is 0 Å². The molecule has 1 fully saturated rings. The zero-order chi connectivity index (χ0) is 20.7. The minimum Gasteiger partial charge on any atom is -0.356 e. The summed E-state index contributed by atoms with van der Waals surface area (Å²) < 4.78 is 22.2. The lowest BCUT2D eigenvalue weighted by molar-refractivity contribution is -0.386. The summed E-state index contributed by atoms with van der Waals surface area (Å²) in [4.78, 5) is 28.1. The molecule has 0 N–H and O–H groups in total. The molecule has 1 aromatic carbocycles. The van der Waals surface area contributed by atoms with Crippen LogP contribution >= 0.6 is 15.9 Å². The zero-order valence-electron chi connectivity index (χ0n) is 15.4. The molecule has 1 saturated heterocycles. The fourth-order valence-electron chi connectivity index (χ4n) is 3.54. The monoisotopic (exact) mass is 462 g/mol. The summed E-state index contributed by atoms with van der Waals surface area (Å²) in [6.45, 7) is 2.08. The number of carbonyl (C=O) groups is 1. The minimum absolute atomic E-state index is 0.0979. The molecule has 10 heteroatoms. The summed E-state index contributed by atoms with van der Waals surface area (Å²) in [6, 6.07) is 2.46. The second kappa shape index (κ2) is 7.60. The fraction of sp³-hybridized carbons (Fsp3) is 0.316. The average molecular weight is 463 g/mol. The van der Waals surface area contributed by atoms with E-state index in [4.69, 9.17) is 4.74 Å². The second-order valence-electron chi connectivity index (χ2n) is 6.78. The summed E-state index contributed by atoms with van der Waals surface area (Å²) in [5.74, 6) is -1.21. The Morgan fingerprint density at radius 2 is 2.17 bits per heavy atom. The maximum Gasteiger partial charge on any atom is 0.302 e. The number of hydrogen-bond donors (Lipinski definition) is 0. The Bertz CT molecular complexity index is 1140. The van der Waals surface area contributed by atoms with Crippen LogP contribution in [0.2, 0.25) is 0 Å². The normalized spacial score (nSPS) is 16.9. The summed E-state index contributed by atoms with van der Waals surface area (Å²) >= 11 is 3.20. The molecule has 0 bridgehead atoms. The van der Waals surface area contributed by atoms with Gasteiger partial charge in [-0.1, -0.05) is 0 Å². The van der Waals surface area contributed by atoms with E-state index in [0.717, 1.165) is 18.9 Å². The van der Waals surface area contributed by atoms with E-state index in [-0.39, 0.29) is 33.4 Å². The van der Waals surface area contributed by atoms with Crippen molar-refractivity contribution in [1.82, 2.24) is 14.8 Å². The van der Waals surface area contributed by atoms with Crippen LogP contribution in [0.25, 0.3) is 10.9 Å². The van der Waals surface area contributed by atoms with Crippen LogP contribution in [-0.4, -0.2) is 32.1 Å². The standard InChI is InChI=1S/C19H16BrFN4O4/c1-10-13(20)9-22-16(17(10)25(27)28)19(26)11-5-6-14(21)18-12(11)8-23-24(18)15-4-2-3-7-29-15/h5-6,8-9,15H,2-4,7H2,1H3. The van der Waals surface area contributed by atoms with Crippen molar-refractivity contribution < 1.29 is 18.8 Å². The van der Waals surface area contributed by atoms with Gasteiger partial charge in [-0.2, -0.15) is 5.10 Å². The van der Waals surface area contributed by atoms with E-state index in [9.17, 15) is 19.3 Å². The lowest BCUT2D eigenvalue weighted by Gasteiger charge is -2.23. The fourth-order valence-corrected chi connectivity index (χ4v) is 3.83. The summed E-state index contributed by atoms with van der Waals surface area (Å²) in [7, 11) is 0. The number of nitro groups is 1. The van der Waals surface area contributed by atoms with Crippen molar-refractivity contribution in [2.45, 2.75) is 32.4 Å². The molecule has 1 aliphatic rings. The molecule has 1 unspecified atom stereocenters. The van der Waals surface area contributed by atoms with Crippen molar-refractivity contribution in [2.24, 2.45) is 0 Å². The van der Waals surface area contributed by atoms with Gasteiger partial charge in [-0.15, -0.1) is 0 Å². The maximum absolute atomic E-state index is 14.6. The first-order valence-corrected chi connectivity index (χ1v) is 9.81. The summed E-state index contributed by atoms with van der Waals surface area (Å²) in [5.41, 5.74) is -0.159. The van der Waals surface area contributed by atoms with Gasteiger partial charge in [-0.3, -0.25) is 14.9 Å². The van der Waals surface area contributed by atoms with Crippen LogP contribution in [0.3, 0.4) is 0 Å². The Balaban J connectivity index is 1.87. The third-order valence-corrected chi connectivity index (χ3v) is 5.82. The second-order valence-corrected chi connectivity index (χ2v) is 7.64. The number of pyridine rings is 1. The number of hydrogen-bond acceptors (Lipinski definition) is 6. The van der Waals surface area contributed by atoms with E-state index in [2.05, 4.69) is 26.0 Å². The van der Waals surface area contributed by atoms with Gasteiger partial charge in [0.1, 0.15) is 11.3 Å². The number of nitrogens with zero attached hydrogens (tertiary/aromatic N) is 4. The summed E-state index contributed by atoms with van der Waals surface area (Å²) in [6.07, 6.45) is 4.87. The van der Waals surface area contributed by atoms with Crippen molar-refractivity contribution in [1.29, 1.82) is 0 Å². The molecule has 0 radical (unpaired) electrons. The van der Waals surface area contributed by atoms with E-state index in [1.165, 1.54) is 30.1 Å². The average Bonchev–Trinajstić information content (AvgIpc) is 3.16. The molecule has 1 atom stereocenters. The molecule has 0 spiro atoms. The van der Waals surface area contributed by atoms with E-state index in [1.54, 1.807) is 0 Å². The lowest BCUT2D eigenvalue weighted by atomic mass is 10.0. The third-order valence-electron chi connectivity index (χ3n) is 5.02. The first-order valence-electron chi connectivity index (χ1n) is 9.01. The van der Waals surface area contributed by atoms with Crippen LogP contribution in [0, 0.1) is 22.9 Å². The van der Waals surface area contributed by atoms with Crippen LogP contribution in [0.15, 0.2) is 29.0 Å². The SMILES string of the molecule is Cc1c(Br)cnc(C(=O)c2ccc(F)c3c2cnn3C2CCCCO2)c1[N+](=O)[O-]. The van der Waals surface area contributed by atoms with Gasteiger partial charge in [0.15, 0.2) is 11.9 Å². The minimum atomic E-state index is -0.665. The smallest absolute Gasteiger partial charge is 0.302 e. The predicted octanol–water partition coefficient (Wildman–Crippen LogP) is 4.48. The molecule has 4 rings (SSSR count). The molecule has 150 valence electrons. The first kappa shape index (κ1) is 19.6. The topological polar surface area (TPSA) is 100 Å². The zero-order valence-corrected chi connectivity index (χ0v) is 17.0. The molecule has 3 aromatic rings. The highest BCUT2D eigenvalue weighted by molar-refractivity contribution is 9.10. The van der Waals surface area contributed by atoms with Gasteiger partial charge in [-0.25, -0.2) is 14.1 Å². The lowest BCUT2D eigenvalue weighted by Crippen LogP contribution is -2.19. The number of ether oxygens (including phenoxy) is 1. The van der Waals surface area contributed by atoms with Gasteiger partial charge >= 0.3 is 5.69 Å². The third kappa shape index (κ3) is 3.32. The van der Waals surface area contributed by atoms with E-state index in [1.807, 2.05) is 0 Å². The molecule has 0 aliphatic carbocycles. The van der Waals surface area contributed by atoms with Gasteiger partial charge < -0.3 is 4.74 Å². The highest BCUT2D eigenvalue weighted by Crippen LogP contribution is 2.33. The number of halogens is 2. The summed E-state index contributed by atoms with van der Waals surface area (Å²) in [5, 5.41) is 16.1. The van der Waals surface area contributed by atoms with E-state index in [0.29, 0.717) is 17.5 Å². The number of benzene rings is 1. The highest BCUT2D eigenvalue weighted by Gasteiger charge is 2.30. The van der Waals surface area contributed by atoms with Crippen LogP contribution in [0.1, 0.15) is 47.1 Å². The highest BCUT2D eigenvalue weighted by atomic mass is 79.9. The first-order chi connectivity index (χ1) is 13.9. The molecule has 2 aromatic heterocycles. The molecule has 29 heavy (non-hydrogen) atoms. The van der Waals surface area contributed by atoms with E-state index < -0.39 is 22.8 Å². The molecular weight excluding hydrogens is 447 g/mol. The van der Waals surface area contributed by atoms with Crippen LogP contribution in [-0.2, 0) is 4.74 Å². The maximum atomic E-state index is 14.6. The molecule has 8 nitrogen and oxygen atoms in total. The molecule has 1 aliphatic heterocycles. The predicted molar refractivity (Wildman–Crippen MR) is 105 cm³/mol. The van der Waals surface area contributed by atoms with Crippen molar-refractivity contribution in [3.8, 4) is 0 Å². The number of aromatic nitrogens is 3. The number of rotatable bonds is 4. The van der Waals surface area contributed by atoms with Gasteiger partial charge in [0, 0.05) is 33.8 Å². The Kier molecular flexibility index (Phi) is 5.13. The Labute approximate surface area is 173 Å². The Morgan fingerprint density at radius 1 is 1.38 bits per heavy atom. The van der Waals surface area contributed by atoms with Gasteiger partial charge in [-0.05, 0) is 54.2 Å². The van der Waals surface area contributed by atoms with Crippen LogP contribution in [0.5, 0.6) is 0 Å². The van der Waals surface area contributed by atoms with Crippen LogP contribution in [0.4, 0.5) is 10.1 Å². The molecule has 0 saturated carbocycles. The molecular formula is C19H16BrFN4O4. The van der Waals surface area contributed by atoms with Crippen molar-refractivity contribution >= 4 is 38.3 Å². The largest absolute Gasteiger partial charge is 0.356 e. The molecule has 3 heterocycles. The number of carbonyl (C=O) groups excluding carboxylic acids is 1. The molecule has 0 amide bonds. The Hall–Kier alpha value is -2.72. The number of fused-ring (bicyclic) bond motifs is 1. The van der Waals surface area contributed by atoms with Crippen molar-refractivity contribution in [3.63, 3.8) is 0 Å². The number of ketones is 1. The van der Waals surface area contributed by atoms with Crippen LogP contribution < -0.4 is 0 Å².